The maximum atomic E-state index is 6.60. The number of quaternary nitrogens is 1. The first-order chi connectivity index (χ1) is 17.9. The molecular weight excluding hydrogens is 545 g/mol. The summed E-state index contributed by atoms with van der Waals surface area (Å²) in [7, 11) is 0. The van der Waals surface area contributed by atoms with Crippen molar-refractivity contribution in [2.75, 3.05) is 26.2 Å². The van der Waals surface area contributed by atoms with Crippen LogP contribution in [0.15, 0.2) is 66.7 Å². The van der Waals surface area contributed by atoms with E-state index in [4.69, 9.17) is 27.9 Å². The summed E-state index contributed by atoms with van der Waals surface area (Å²) < 4.78 is 7.55. The van der Waals surface area contributed by atoms with Crippen LogP contribution in [0.1, 0.15) is 77.1 Å². The normalized spacial score (nSPS) is 12.2. The van der Waals surface area contributed by atoms with E-state index in [0.717, 1.165) is 48.4 Å². The van der Waals surface area contributed by atoms with Crippen molar-refractivity contribution in [1.29, 1.82) is 0 Å². The molecule has 0 bridgehead atoms. The van der Waals surface area contributed by atoms with E-state index >= 15 is 0 Å². The molecule has 0 aliphatic rings. The zero-order chi connectivity index (χ0) is 28.0. The van der Waals surface area contributed by atoms with E-state index in [1.807, 2.05) is 18.2 Å². The molecule has 0 fully saturated rings. The number of hydrogen-bond donors (Lipinski definition) is 0. The van der Waals surface area contributed by atoms with Gasteiger partial charge in [-0.15, -0.1) is 0 Å². The predicted molar refractivity (Wildman–Crippen MR) is 165 cm³/mol. The van der Waals surface area contributed by atoms with Gasteiger partial charge in [0, 0.05) is 22.0 Å². The van der Waals surface area contributed by atoms with E-state index in [1.54, 1.807) is 0 Å². The van der Waals surface area contributed by atoms with Gasteiger partial charge in [0.1, 0.15) is 25.4 Å². The van der Waals surface area contributed by atoms with Gasteiger partial charge < -0.3 is 21.6 Å². The van der Waals surface area contributed by atoms with Crippen LogP contribution in [0, 0.1) is 5.41 Å². The van der Waals surface area contributed by atoms with E-state index in [1.165, 1.54) is 16.7 Å². The minimum atomic E-state index is 0. The van der Waals surface area contributed by atoms with Crippen LogP contribution in [0.5, 0.6) is 5.75 Å². The monoisotopic (exact) mass is 589 g/mol. The van der Waals surface area contributed by atoms with Gasteiger partial charge in [-0.2, -0.15) is 0 Å². The van der Waals surface area contributed by atoms with Gasteiger partial charge in [0.25, 0.3) is 0 Å². The number of benzene rings is 3. The first-order valence-corrected chi connectivity index (χ1v) is 14.7. The van der Waals surface area contributed by atoms with Crippen LogP contribution < -0.4 is 17.1 Å². The van der Waals surface area contributed by atoms with Crippen LogP contribution >= 0.6 is 23.2 Å². The predicted octanol–water partition coefficient (Wildman–Crippen LogP) is 6.74. The molecule has 39 heavy (non-hydrogen) atoms. The van der Waals surface area contributed by atoms with Crippen molar-refractivity contribution in [3.63, 3.8) is 0 Å². The Bertz CT molecular complexity index is 1180. The third-order valence-corrected chi connectivity index (χ3v) is 8.32. The molecule has 0 atom stereocenters. The molecule has 0 aliphatic carbocycles. The third-order valence-electron chi connectivity index (χ3n) is 7.74. The van der Waals surface area contributed by atoms with Gasteiger partial charge in [-0.25, -0.2) is 0 Å². The molecule has 0 aromatic heterocycles. The van der Waals surface area contributed by atoms with E-state index < -0.39 is 0 Å². The second kappa shape index (κ2) is 14.3. The van der Waals surface area contributed by atoms with E-state index in [2.05, 4.69) is 97.0 Å². The fourth-order valence-electron chi connectivity index (χ4n) is 5.74. The van der Waals surface area contributed by atoms with Crippen molar-refractivity contribution >= 4 is 23.2 Å². The molecule has 2 nitrogen and oxygen atoms in total. The maximum absolute atomic E-state index is 6.60. The van der Waals surface area contributed by atoms with Crippen molar-refractivity contribution in [2.24, 2.45) is 5.41 Å². The van der Waals surface area contributed by atoms with Gasteiger partial charge in [-0.3, -0.25) is 0 Å². The smallest absolute Gasteiger partial charge is 0.137 e. The van der Waals surface area contributed by atoms with Crippen molar-refractivity contribution < 1.29 is 21.6 Å². The molecule has 0 radical (unpaired) electrons. The molecule has 0 heterocycles. The molecule has 0 N–H and O–H groups in total. The lowest BCUT2D eigenvalue weighted by Crippen LogP contribution is -3.00. The van der Waals surface area contributed by atoms with Gasteiger partial charge in [0.15, 0.2) is 0 Å². The molecule has 3 aromatic rings. The average Bonchev–Trinajstić information content (AvgIpc) is 2.85. The maximum Gasteiger partial charge on any atom is 0.137 e. The van der Waals surface area contributed by atoms with Gasteiger partial charge in [-0.05, 0) is 66.0 Å². The second-order valence-electron chi connectivity index (χ2n) is 12.5. The lowest BCUT2D eigenvalue weighted by molar-refractivity contribution is -0.937. The van der Waals surface area contributed by atoms with Crippen LogP contribution in [0.4, 0.5) is 0 Å². The molecular formula is C34H46Cl3NO. The molecule has 0 unspecified atom stereocenters. The van der Waals surface area contributed by atoms with E-state index in [-0.39, 0.29) is 23.2 Å². The van der Waals surface area contributed by atoms with Crippen LogP contribution in [0.25, 0.3) is 0 Å². The number of hydrogen-bond acceptors (Lipinski definition) is 1. The SMILES string of the molecule is CC[N+](CC)(CCOc1ccc(C(C)(C)CC(C)(C)C)cc1Cc1ccc(Cl)cc1Cl)Cc1ccccc1.[Cl-]. The summed E-state index contributed by atoms with van der Waals surface area (Å²) in [5.41, 5.74) is 5.21. The summed E-state index contributed by atoms with van der Waals surface area (Å²) >= 11 is 12.8. The Balaban J connectivity index is 0.00000533. The Morgan fingerprint density at radius 2 is 1.46 bits per heavy atom. The molecule has 3 aromatic carbocycles. The number of likely N-dealkylation sites (N-methyl/N-ethyl adjacent to an activating group) is 1. The highest BCUT2D eigenvalue weighted by Crippen LogP contribution is 2.38. The van der Waals surface area contributed by atoms with Crippen LogP contribution in [-0.4, -0.2) is 30.7 Å². The van der Waals surface area contributed by atoms with E-state index in [0.29, 0.717) is 23.1 Å². The van der Waals surface area contributed by atoms with Crippen molar-refractivity contribution in [3.05, 3.63) is 99.0 Å². The Kier molecular flexibility index (Phi) is 12.3. The second-order valence-corrected chi connectivity index (χ2v) is 13.4. The van der Waals surface area contributed by atoms with Crippen molar-refractivity contribution in [2.45, 2.75) is 73.3 Å². The summed E-state index contributed by atoms with van der Waals surface area (Å²) in [5, 5.41) is 1.35. The summed E-state index contributed by atoms with van der Waals surface area (Å²) in [6, 6.07) is 23.3. The Morgan fingerprint density at radius 3 is 2.05 bits per heavy atom. The average molecular weight is 591 g/mol. The fraction of sp³-hybridized carbons (Fsp3) is 0.471. The highest BCUT2D eigenvalue weighted by Gasteiger charge is 2.28. The van der Waals surface area contributed by atoms with Crippen LogP contribution in [0.2, 0.25) is 10.0 Å². The molecule has 0 aliphatic heterocycles. The van der Waals surface area contributed by atoms with Crippen molar-refractivity contribution in [3.8, 4) is 5.75 Å². The first-order valence-electron chi connectivity index (χ1n) is 14.0. The molecule has 0 saturated heterocycles. The zero-order valence-electron chi connectivity index (χ0n) is 24.8. The van der Waals surface area contributed by atoms with Crippen LogP contribution in [-0.2, 0) is 18.4 Å². The van der Waals surface area contributed by atoms with E-state index in [9.17, 15) is 0 Å². The van der Waals surface area contributed by atoms with Gasteiger partial charge >= 0.3 is 0 Å². The Hall–Kier alpha value is -1.71. The quantitative estimate of drug-likeness (QED) is 0.212. The van der Waals surface area contributed by atoms with Gasteiger partial charge in [0.05, 0.1) is 13.1 Å². The van der Waals surface area contributed by atoms with Gasteiger partial charge in [0.2, 0.25) is 0 Å². The highest BCUT2D eigenvalue weighted by molar-refractivity contribution is 6.35. The van der Waals surface area contributed by atoms with Crippen molar-refractivity contribution in [1.82, 2.24) is 0 Å². The molecule has 3 rings (SSSR count). The fourth-order valence-corrected chi connectivity index (χ4v) is 6.22. The Labute approximate surface area is 253 Å². The number of ether oxygens (including phenoxy) is 1. The summed E-state index contributed by atoms with van der Waals surface area (Å²) in [6.45, 7) is 21.0. The molecule has 5 heteroatoms. The number of halogens is 3. The highest BCUT2D eigenvalue weighted by atomic mass is 35.5. The largest absolute Gasteiger partial charge is 1.00 e. The van der Waals surface area contributed by atoms with Gasteiger partial charge in [-0.1, -0.05) is 106 Å². The minimum absolute atomic E-state index is 0. The number of rotatable bonds is 12. The third kappa shape index (κ3) is 9.71. The summed E-state index contributed by atoms with van der Waals surface area (Å²) in [5.74, 6) is 0.941. The van der Waals surface area contributed by atoms with Crippen LogP contribution in [0.3, 0.4) is 0 Å². The molecule has 0 saturated carbocycles. The Morgan fingerprint density at radius 1 is 0.795 bits per heavy atom. The molecule has 0 spiro atoms. The standard InChI is InChI=1S/C34H46Cl2NO.ClH/c1-8-37(9-2,24-26-13-11-10-12-14-26)19-20-38-32-18-16-29(34(6,7)25-33(3,4)5)22-28(32)21-27-15-17-30(35)23-31(27)36;/h10-18,22-23H,8-9,19-21,24-25H2,1-7H3;1H/q+1;/p-1. The lowest BCUT2D eigenvalue weighted by atomic mass is 9.72. The topological polar surface area (TPSA) is 9.23 Å². The summed E-state index contributed by atoms with van der Waals surface area (Å²) in [6.07, 6.45) is 1.80. The number of nitrogens with zero attached hydrogens (tertiary/aromatic N) is 1. The molecule has 214 valence electrons. The zero-order valence-corrected chi connectivity index (χ0v) is 27.1. The lowest BCUT2D eigenvalue weighted by Gasteiger charge is -2.37. The minimum Gasteiger partial charge on any atom is -1.00 e. The molecule has 0 amide bonds. The summed E-state index contributed by atoms with van der Waals surface area (Å²) in [4.78, 5) is 0. The first kappa shape index (κ1) is 33.5.